The predicted octanol–water partition coefficient (Wildman–Crippen LogP) is 2.20. The molecule has 2 N–H and O–H groups in total. The lowest BCUT2D eigenvalue weighted by molar-refractivity contribution is -0.384. The highest BCUT2D eigenvalue weighted by molar-refractivity contribution is 7.89. The van der Waals surface area contributed by atoms with Gasteiger partial charge in [-0.05, 0) is 25.1 Å². The van der Waals surface area contributed by atoms with Crippen LogP contribution in [0.15, 0.2) is 41.3 Å². The normalized spacial score (nSPS) is 11.2. The smallest absolute Gasteiger partial charge is 0.293 e. The summed E-state index contributed by atoms with van der Waals surface area (Å²) in [5.74, 6) is 0.668. The molecule has 0 bridgehead atoms. The highest BCUT2D eigenvalue weighted by Gasteiger charge is 2.22. The van der Waals surface area contributed by atoms with Crippen LogP contribution in [0.2, 0.25) is 0 Å². The minimum Gasteiger partial charge on any atom is -0.496 e. The van der Waals surface area contributed by atoms with Crippen LogP contribution in [0, 0.1) is 17.0 Å². The van der Waals surface area contributed by atoms with Crippen molar-refractivity contribution in [2.24, 2.45) is 5.14 Å². The molecule has 0 radical (unpaired) electrons. The van der Waals surface area contributed by atoms with Gasteiger partial charge in [-0.15, -0.1) is 0 Å². The molecule has 0 amide bonds. The molecule has 0 unspecified atom stereocenters. The molecule has 0 aliphatic heterocycles. The van der Waals surface area contributed by atoms with Gasteiger partial charge in [-0.2, -0.15) is 0 Å². The summed E-state index contributed by atoms with van der Waals surface area (Å²) in [5.41, 5.74) is 1.83. The van der Waals surface area contributed by atoms with Crippen LogP contribution >= 0.6 is 0 Å². The first-order valence-electron chi connectivity index (χ1n) is 7.29. The van der Waals surface area contributed by atoms with E-state index in [1.807, 2.05) is 25.1 Å². The number of sulfonamides is 1. The van der Waals surface area contributed by atoms with Gasteiger partial charge in [0.25, 0.3) is 5.69 Å². The number of nitro groups is 1. The number of primary sulfonamides is 1. The van der Waals surface area contributed by atoms with E-state index in [-0.39, 0.29) is 16.3 Å². The topological polar surface area (TPSA) is 116 Å². The number of hydrogen-bond donors (Lipinski definition) is 1. The van der Waals surface area contributed by atoms with Gasteiger partial charge in [-0.25, -0.2) is 13.6 Å². The van der Waals surface area contributed by atoms with Crippen molar-refractivity contribution in [1.82, 2.24) is 0 Å². The lowest BCUT2D eigenvalue weighted by Gasteiger charge is -2.21. The van der Waals surface area contributed by atoms with E-state index in [0.717, 1.165) is 17.2 Å². The molecule has 8 nitrogen and oxygen atoms in total. The monoisotopic (exact) mass is 365 g/mol. The molecule has 9 heteroatoms. The maximum absolute atomic E-state index is 11.4. The van der Waals surface area contributed by atoms with Gasteiger partial charge in [0.15, 0.2) is 0 Å². The van der Waals surface area contributed by atoms with Gasteiger partial charge in [0.2, 0.25) is 10.0 Å². The zero-order valence-corrected chi connectivity index (χ0v) is 14.9. The van der Waals surface area contributed by atoms with E-state index in [0.29, 0.717) is 12.3 Å². The number of methoxy groups -OCH3 is 1. The SMILES string of the molecule is COc1ccc(C)cc1CN(C)c1ccc(S(N)(=O)=O)cc1[N+](=O)[O-]. The third-order valence-corrected chi connectivity index (χ3v) is 4.64. The van der Waals surface area contributed by atoms with Crippen molar-refractivity contribution in [3.05, 3.63) is 57.6 Å². The van der Waals surface area contributed by atoms with Gasteiger partial charge < -0.3 is 9.64 Å². The minimum atomic E-state index is -4.02. The molecule has 0 aliphatic rings. The van der Waals surface area contributed by atoms with Crippen LogP contribution in [0.3, 0.4) is 0 Å². The number of ether oxygens (including phenoxy) is 1. The molecule has 2 aromatic rings. The minimum absolute atomic E-state index is 0.279. The highest BCUT2D eigenvalue weighted by atomic mass is 32.2. The summed E-state index contributed by atoms with van der Waals surface area (Å²) < 4.78 is 28.2. The van der Waals surface area contributed by atoms with Crippen molar-refractivity contribution in [3.8, 4) is 5.75 Å². The van der Waals surface area contributed by atoms with E-state index in [2.05, 4.69) is 0 Å². The molecule has 0 aromatic heterocycles. The molecule has 0 spiro atoms. The molecular formula is C16H19N3O5S. The number of anilines is 1. The van der Waals surface area contributed by atoms with Gasteiger partial charge in [0, 0.05) is 25.2 Å². The third kappa shape index (κ3) is 4.25. The first kappa shape index (κ1) is 18.7. The van der Waals surface area contributed by atoms with Gasteiger partial charge in [0.1, 0.15) is 11.4 Å². The number of rotatable bonds is 6. The lowest BCUT2D eigenvalue weighted by atomic mass is 10.1. The quantitative estimate of drug-likeness (QED) is 0.620. The Morgan fingerprint density at radius 1 is 1.24 bits per heavy atom. The van der Waals surface area contributed by atoms with Gasteiger partial charge in [-0.3, -0.25) is 10.1 Å². The fraction of sp³-hybridized carbons (Fsp3) is 0.250. The summed E-state index contributed by atoms with van der Waals surface area (Å²) in [5, 5.41) is 16.4. The van der Waals surface area contributed by atoms with Crippen LogP contribution in [0.1, 0.15) is 11.1 Å². The predicted molar refractivity (Wildman–Crippen MR) is 94.3 cm³/mol. The Balaban J connectivity index is 2.44. The van der Waals surface area contributed by atoms with Crippen molar-refractivity contribution in [1.29, 1.82) is 0 Å². The number of aryl methyl sites for hydroxylation is 1. The first-order chi connectivity index (χ1) is 11.6. The molecule has 25 heavy (non-hydrogen) atoms. The number of nitrogens with two attached hydrogens (primary N) is 1. The first-order valence-corrected chi connectivity index (χ1v) is 8.84. The summed E-state index contributed by atoms with van der Waals surface area (Å²) >= 11 is 0. The zero-order chi connectivity index (χ0) is 18.8. The largest absolute Gasteiger partial charge is 0.496 e. The van der Waals surface area contributed by atoms with Crippen molar-refractivity contribution in [3.63, 3.8) is 0 Å². The Hall–Kier alpha value is -2.65. The molecule has 2 aromatic carbocycles. The average molecular weight is 365 g/mol. The van der Waals surface area contributed by atoms with Crippen molar-refractivity contribution < 1.29 is 18.1 Å². The Morgan fingerprint density at radius 2 is 1.92 bits per heavy atom. The molecule has 0 saturated carbocycles. The summed E-state index contributed by atoms with van der Waals surface area (Å²) in [6.07, 6.45) is 0. The van der Waals surface area contributed by atoms with Crippen LogP contribution in [-0.2, 0) is 16.6 Å². The summed E-state index contributed by atoms with van der Waals surface area (Å²) in [7, 11) is -0.785. The highest BCUT2D eigenvalue weighted by Crippen LogP contribution is 2.32. The summed E-state index contributed by atoms with van der Waals surface area (Å²) in [6.45, 7) is 2.28. The fourth-order valence-electron chi connectivity index (χ4n) is 2.52. The maximum Gasteiger partial charge on any atom is 0.293 e. The number of nitro benzene ring substituents is 1. The van der Waals surface area contributed by atoms with Crippen LogP contribution in [-0.4, -0.2) is 27.5 Å². The van der Waals surface area contributed by atoms with Crippen molar-refractivity contribution >= 4 is 21.4 Å². The Labute approximate surface area is 146 Å². The van der Waals surface area contributed by atoms with E-state index >= 15 is 0 Å². The van der Waals surface area contributed by atoms with Gasteiger partial charge >= 0.3 is 0 Å². The second kappa shape index (κ2) is 7.08. The van der Waals surface area contributed by atoms with Crippen LogP contribution in [0.25, 0.3) is 0 Å². The summed E-state index contributed by atoms with van der Waals surface area (Å²) in [4.78, 5) is 12.1. The second-order valence-corrected chi connectivity index (χ2v) is 7.19. The molecule has 0 saturated heterocycles. The van der Waals surface area contributed by atoms with Gasteiger partial charge in [0.05, 0.1) is 16.9 Å². The Bertz CT molecular complexity index is 912. The van der Waals surface area contributed by atoms with Gasteiger partial charge in [-0.1, -0.05) is 17.7 Å². The van der Waals surface area contributed by atoms with Crippen LogP contribution < -0.4 is 14.8 Å². The third-order valence-electron chi connectivity index (χ3n) is 3.73. The Kier molecular flexibility index (Phi) is 5.29. The molecule has 134 valence electrons. The van der Waals surface area contributed by atoms with E-state index in [4.69, 9.17) is 9.88 Å². The molecule has 0 heterocycles. The molecule has 0 atom stereocenters. The standard InChI is InChI=1S/C16H19N3O5S/c1-11-4-7-16(24-3)12(8-11)10-18(2)14-6-5-13(25(17,22)23)9-15(14)19(20)21/h4-9H,10H2,1-3H3,(H2,17,22,23). The van der Waals surface area contributed by atoms with E-state index in [1.54, 1.807) is 19.1 Å². The Morgan fingerprint density at radius 3 is 2.48 bits per heavy atom. The summed E-state index contributed by atoms with van der Waals surface area (Å²) in [6, 6.07) is 9.26. The number of nitrogens with zero attached hydrogens (tertiary/aromatic N) is 2. The zero-order valence-electron chi connectivity index (χ0n) is 14.1. The van der Waals surface area contributed by atoms with E-state index < -0.39 is 14.9 Å². The average Bonchev–Trinajstić information content (AvgIpc) is 2.53. The van der Waals surface area contributed by atoms with Crippen molar-refractivity contribution in [2.75, 3.05) is 19.1 Å². The molecular weight excluding hydrogens is 346 g/mol. The number of hydrogen-bond acceptors (Lipinski definition) is 6. The van der Waals surface area contributed by atoms with Crippen LogP contribution in [0.4, 0.5) is 11.4 Å². The van der Waals surface area contributed by atoms with Crippen LogP contribution in [0.5, 0.6) is 5.75 Å². The maximum atomic E-state index is 11.4. The molecule has 0 fully saturated rings. The van der Waals surface area contributed by atoms with E-state index in [1.165, 1.54) is 12.1 Å². The van der Waals surface area contributed by atoms with Crippen molar-refractivity contribution in [2.45, 2.75) is 18.4 Å². The lowest BCUT2D eigenvalue weighted by Crippen LogP contribution is -2.19. The fourth-order valence-corrected chi connectivity index (χ4v) is 3.05. The second-order valence-electron chi connectivity index (χ2n) is 5.62. The van der Waals surface area contributed by atoms with E-state index in [9.17, 15) is 18.5 Å². The molecule has 2 rings (SSSR count). The number of benzene rings is 2. The molecule has 0 aliphatic carbocycles.